The number of hydrogen-bond acceptors (Lipinski definition) is 9. The number of aromatic amines is 1. The molecule has 1 saturated heterocycles. The van der Waals surface area contributed by atoms with Gasteiger partial charge in [-0.05, 0) is 50.4 Å². The molecule has 200 valence electrons. The molecule has 3 N–H and O–H groups in total. The van der Waals surface area contributed by atoms with Crippen LogP contribution in [0.4, 0.5) is 5.82 Å². The summed E-state index contributed by atoms with van der Waals surface area (Å²) in [5, 5.41) is 19.2. The molecule has 2 saturated carbocycles. The van der Waals surface area contributed by atoms with Crippen LogP contribution < -0.4 is 11.1 Å². The van der Waals surface area contributed by atoms with E-state index in [1.165, 1.54) is 32.1 Å². The lowest BCUT2D eigenvalue weighted by Gasteiger charge is -2.34. The number of aliphatic hydroxyl groups is 1. The maximum Gasteiger partial charge on any atom is 0.439 e. The fourth-order valence-corrected chi connectivity index (χ4v) is 6.08. The van der Waals surface area contributed by atoms with Gasteiger partial charge in [-0.3, -0.25) is 9.51 Å². The van der Waals surface area contributed by atoms with Gasteiger partial charge in [-0.1, -0.05) is 31.3 Å². The predicted octanol–water partition coefficient (Wildman–Crippen LogP) is 3.59. The van der Waals surface area contributed by atoms with Crippen LogP contribution in [0.25, 0.3) is 22.8 Å². The molecule has 0 bridgehead atoms. The number of nitrogens with one attached hydrogen (secondary N) is 2. The Bertz CT molecular complexity index is 1300. The number of hydrogen-bond donors (Lipinski definition) is 3. The molecule has 1 aliphatic heterocycles. The van der Waals surface area contributed by atoms with Crippen molar-refractivity contribution in [1.82, 2.24) is 29.7 Å². The summed E-state index contributed by atoms with van der Waals surface area (Å²) >= 11 is 0. The normalized spacial score (nSPS) is 25.2. The maximum atomic E-state index is 11.8. The highest BCUT2D eigenvalue weighted by Gasteiger charge is 2.39. The Morgan fingerprint density at radius 2 is 1.89 bits per heavy atom. The number of nitrogens with zero attached hydrogens (tertiary/aromatic N) is 5. The van der Waals surface area contributed by atoms with Gasteiger partial charge in [0.05, 0.1) is 0 Å². The SMILES string of the molecule is CC1CCC(Cn2c(C3(O)CCOCC3)nc3nc(-c4noc(=O)[nH]4)nc(NC(C)C4CCC4)c32)CC1. The summed E-state index contributed by atoms with van der Waals surface area (Å²) in [4.78, 5) is 28.7. The van der Waals surface area contributed by atoms with Crippen molar-refractivity contribution in [2.24, 2.45) is 17.8 Å². The smallest absolute Gasteiger partial charge is 0.382 e. The lowest BCUT2D eigenvalue weighted by Crippen LogP contribution is -2.37. The second-order valence-corrected chi connectivity index (χ2v) is 11.5. The monoisotopic (exact) mass is 511 g/mol. The average molecular weight is 512 g/mol. The fraction of sp³-hybridized carbons (Fsp3) is 0.731. The number of aromatic nitrogens is 6. The van der Waals surface area contributed by atoms with Crippen LogP contribution in [-0.4, -0.2) is 54.0 Å². The van der Waals surface area contributed by atoms with E-state index in [-0.39, 0.29) is 17.7 Å². The zero-order chi connectivity index (χ0) is 25.6. The first-order valence-corrected chi connectivity index (χ1v) is 13.8. The molecule has 0 aromatic carbocycles. The second-order valence-electron chi connectivity index (χ2n) is 11.5. The van der Waals surface area contributed by atoms with Crippen molar-refractivity contribution < 1.29 is 14.4 Å². The van der Waals surface area contributed by atoms with Crippen molar-refractivity contribution in [1.29, 1.82) is 0 Å². The van der Waals surface area contributed by atoms with Gasteiger partial charge in [-0.25, -0.2) is 19.7 Å². The minimum absolute atomic E-state index is 0.161. The van der Waals surface area contributed by atoms with Gasteiger partial charge in [-0.2, -0.15) is 0 Å². The summed E-state index contributed by atoms with van der Waals surface area (Å²) < 4.78 is 12.5. The fourth-order valence-electron chi connectivity index (χ4n) is 6.08. The van der Waals surface area contributed by atoms with Crippen LogP contribution in [0.15, 0.2) is 9.32 Å². The summed E-state index contributed by atoms with van der Waals surface area (Å²) in [6, 6.07) is 0.213. The van der Waals surface area contributed by atoms with Gasteiger partial charge < -0.3 is 19.7 Å². The van der Waals surface area contributed by atoms with Crippen LogP contribution in [0.2, 0.25) is 0 Å². The lowest BCUT2D eigenvalue weighted by molar-refractivity contribution is -0.0753. The second kappa shape index (κ2) is 9.83. The van der Waals surface area contributed by atoms with Gasteiger partial charge >= 0.3 is 5.76 Å². The molecule has 6 rings (SSSR count). The van der Waals surface area contributed by atoms with E-state index in [2.05, 4.69) is 33.9 Å². The van der Waals surface area contributed by atoms with Crippen molar-refractivity contribution in [3.05, 3.63) is 16.4 Å². The third-order valence-electron chi connectivity index (χ3n) is 8.79. The van der Waals surface area contributed by atoms with Gasteiger partial charge in [0.15, 0.2) is 11.5 Å². The van der Waals surface area contributed by atoms with Crippen molar-refractivity contribution in [2.75, 3.05) is 18.5 Å². The zero-order valence-electron chi connectivity index (χ0n) is 21.7. The van der Waals surface area contributed by atoms with E-state index in [0.717, 1.165) is 30.8 Å². The van der Waals surface area contributed by atoms with Crippen LogP contribution in [0.1, 0.15) is 77.5 Å². The summed E-state index contributed by atoms with van der Waals surface area (Å²) in [5.41, 5.74) is 0.186. The Hall–Kier alpha value is -2.79. The van der Waals surface area contributed by atoms with E-state index in [1.54, 1.807) is 0 Å². The molecule has 2 aliphatic carbocycles. The topological polar surface area (TPSA) is 144 Å². The maximum absolute atomic E-state index is 11.8. The Morgan fingerprint density at radius 3 is 2.54 bits per heavy atom. The largest absolute Gasteiger partial charge is 0.439 e. The molecule has 0 radical (unpaired) electrons. The van der Waals surface area contributed by atoms with Gasteiger partial charge in [0, 0.05) is 38.6 Å². The van der Waals surface area contributed by atoms with Gasteiger partial charge in [0.2, 0.25) is 11.6 Å². The molecule has 1 unspecified atom stereocenters. The third kappa shape index (κ3) is 4.79. The first-order valence-electron chi connectivity index (χ1n) is 13.8. The summed E-state index contributed by atoms with van der Waals surface area (Å²) in [5.74, 6) is 2.86. The van der Waals surface area contributed by atoms with Crippen molar-refractivity contribution in [3.63, 3.8) is 0 Å². The summed E-state index contributed by atoms with van der Waals surface area (Å²) in [6.45, 7) is 6.25. The van der Waals surface area contributed by atoms with Crippen molar-refractivity contribution >= 4 is 17.0 Å². The third-order valence-corrected chi connectivity index (χ3v) is 8.79. The Balaban J connectivity index is 1.49. The molecule has 0 spiro atoms. The number of rotatable bonds is 7. The zero-order valence-corrected chi connectivity index (χ0v) is 21.7. The van der Waals surface area contributed by atoms with Crippen molar-refractivity contribution in [3.8, 4) is 11.6 Å². The standard InChI is InChI=1S/C26H37N7O4/c1-15-6-8-17(9-7-15)14-33-19-20(27-16(2)18-4-3-5-18)28-22(23-31-25(34)37-32-23)29-21(19)30-24(33)26(35)10-12-36-13-11-26/h15-18,35H,3-14H2,1-2H3,(H,27,28,29)(H,31,32,34). The van der Waals surface area contributed by atoms with Gasteiger partial charge in [0.25, 0.3) is 0 Å². The molecule has 3 fully saturated rings. The number of ether oxygens (including phenoxy) is 1. The van der Waals surface area contributed by atoms with E-state index in [1.807, 2.05) is 0 Å². The average Bonchev–Trinajstić information content (AvgIpc) is 3.44. The molecule has 37 heavy (non-hydrogen) atoms. The first kappa shape index (κ1) is 24.5. The Labute approximate surface area is 215 Å². The highest BCUT2D eigenvalue weighted by Crippen LogP contribution is 2.39. The van der Waals surface area contributed by atoms with E-state index in [4.69, 9.17) is 24.2 Å². The molecular formula is C26H37N7O4. The number of fused-ring (bicyclic) bond motifs is 1. The van der Waals surface area contributed by atoms with Gasteiger partial charge in [0.1, 0.15) is 16.9 Å². The number of anilines is 1. The number of imidazole rings is 1. The molecule has 11 heteroatoms. The summed E-state index contributed by atoms with van der Waals surface area (Å²) in [6.07, 6.45) is 9.34. The molecule has 3 aromatic rings. The minimum Gasteiger partial charge on any atom is -0.382 e. The van der Waals surface area contributed by atoms with E-state index >= 15 is 0 Å². The molecule has 3 aromatic heterocycles. The highest BCUT2D eigenvalue weighted by molar-refractivity contribution is 5.86. The molecule has 11 nitrogen and oxygen atoms in total. The van der Waals surface area contributed by atoms with Crippen LogP contribution in [-0.2, 0) is 16.9 Å². The Kier molecular flexibility index (Phi) is 6.52. The van der Waals surface area contributed by atoms with E-state index in [0.29, 0.717) is 55.2 Å². The molecule has 3 aliphatic rings. The lowest BCUT2D eigenvalue weighted by atomic mass is 9.80. The number of H-pyrrole nitrogens is 1. The predicted molar refractivity (Wildman–Crippen MR) is 137 cm³/mol. The van der Waals surface area contributed by atoms with Crippen LogP contribution in [0, 0.1) is 17.8 Å². The molecular weight excluding hydrogens is 474 g/mol. The highest BCUT2D eigenvalue weighted by atomic mass is 16.5. The molecule has 1 atom stereocenters. The Morgan fingerprint density at radius 1 is 1.14 bits per heavy atom. The van der Waals surface area contributed by atoms with Crippen LogP contribution >= 0.6 is 0 Å². The molecule has 0 amide bonds. The van der Waals surface area contributed by atoms with E-state index < -0.39 is 11.4 Å². The summed E-state index contributed by atoms with van der Waals surface area (Å²) in [7, 11) is 0. The molecule has 4 heterocycles. The van der Waals surface area contributed by atoms with Gasteiger partial charge in [-0.15, -0.1) is 0 Å². The quantitative estimate of drug-likeness (QED) is 0.433. The van der Waals surface area contributed by atoms with E-state index in [9.17, 15) is 9.90 Å². The van der Waals surface area contributed by atoms with Crippen LogP contribution in [0.3, 0.4) is 0 Å². The minimum atomic E-state index is -1.10. The first-order chi connectivity index (χ1) is 17.9. The van der Waals surface area contributed by atoms with Crippen LogP contribution in [0.5, 0.6) is 0 Å². The van der Waals surface area contributed by atoms with Crippen molar-refractivity contribution in [2.45, 2.75) is 89.8 Å².